The largest absolute Gasteiger partial charge is 0.370 e. The van der Waals surface area contributed by atoms with Gasteiger partial charge >= 0.3 is 0 Å². The van der Waals surface area contributed by atoms with Crippen LogP contribution in [-0.4, -0.2) is 11.5 Å². The third-order valence-corrected chi connectivity index (χ3v) is 3.29. The molecule has 4 N–H and O–H groups in total. The Hall–Kier alpha value is -0.730. The van der Waals surface area contributed by atoms with Crippen molar-refractivity contribution in [1.82, 2.24) is 0 Å². The van der Waals surface area contributed by atoms with Crippen molar-refractivity contribution in [2.24, 2.45) is 16.5 Å². The predicted molar refractivity (Wildman–Crippen MR) is 77.1 cm³/mol. The summed E-state index contributed by atoms with van der Waals surface area (Å²) in [6, 6.07) is 0. The van der Waals surface area contributed by atoms with Gasteiger partial charge in [-0.3, -0.25) is 0 Å². The van der Waals surface area contributed by atoms with E-state index >= 15 is 0 Å². The summed E-state index contributed by atoms with van der Waals surface area (Å²) in [5.74, 6) is 0.236. The Labute approximate surface area is 107 Å². The molecule has 0 aliphatic rings. The van der Waals surface area contributed by atoms with Crippen molar-refractivity contribution in [3.63, 3.8) is 0 Å². The molecule has 0 rings (SSSR count). The Bertz CT molecular complexity index is 210. The first kappa shape index (κ1) is 16.3. The third-order valence-electron chi connectivity index (χ3n) is 3.29. The van der Waals surface area contributed by atoms with Crippen LogP contribution in [0.2, 0.25) is 0 Å². The summed E-state index contributed by atoms with van der Waals surface area (Å²) in [4.78, 5) is 4.45. The minimum atomic E-state index is -0.0399. The van der Waals surface area contributed by atoms with Gasteiger partial charge < -0.3 is 11.5 Å². The summed E-state index contributed by atoms with van der Waals surface area (Å²) in [5.41, 5.74) is 11.0. The SMILES string of the molecule is CCCCCCC(C)(CCCCC)N=C(N)N. The van der Waals surface area contributed by atoms with Crippen LogP contribution in [0.4, 0.5) is 0 Å². The van der Waals surface area contributed by atoms with Crippen molar-refractivity contribution >= 4 is 5.96 Å². The molecule has 0 fully saturated rings. The molecule has 0 saturated heterocycles. The van der Waals surface area contributed by atoms with E-state index in [4.69, 9.17) is 11.5 Å². The van der Waals surface area contributed by atoms with E-state index in [0.29, 0.717) is 0 Å². The highest BCUT2D eigenvalue weighted by Crippen LogP contribution is 2.26. The fourth-order valence-electron chi connectivity index (χ4n) is 2.24. The van der Waals surface area contributed by atoms with E-state index < -0.39 is 0 Å². The maximum absolute atomic E-state index is 5.54. The van der Waals surface area contributed by atoms with Gasteiger partial charge in [0, 0.05) is 0 Å². The molecule has 0 aliphatic carbocycles. The van der Waals surface area contributed by atoms with E-state index in [1.54, 1.807) is 0 Å². The quantitative estimate of drug-likeness (QED) is 0.349. The number of rotatable bonds is 10. The number of nitrogens with zero attached hydrogens (tertiary/aromatic N) is 1. The first-order chi connectivity index (χ1) is 8.04. The molecule has 1 atom stereocenters. The molecule has 0 aromatic heterocycles. The molecule has 0 aromatic rings. The molecule has 0 heterocycles. The monoisotopic (exact) mass is 241 g/mol. The molecule has 102 valence electrons. The standard InChI is InChI=1S/C14H31N3/c1-4-6-8-10-12-14(3,17-13(15)16)11-9-7-5-2/h4-12H2,1-3H3,(H4,15,16,17). The van der Waals surface area contributed by atoms with E-state index in [-0.39, 0.29) is 11.5 Å². The van der Waals surface area contributed by atoms with Crippen LogP contribution in [0, 0.1) is 0 Å². The van der Waals surface area contributed by atoms with E-state index in [2.05, 4.69) is 25.8 Å². The van der Waals surface area contributed by atoms with Gasteiger partial charge in [0.05, 0.1) is 5.54 Å². The van der Waals surface area contributed by atoms with Crippen molar-refractivity contribution in [2.45, 2.75) is 84.1 Å². The summed E-state index contributed by atoms with van der Waals surface area (Å²) in [5, 5.41) is 0. The second-order valence-corrected chi connectivity index (χ2v) is 5.30. The number of nitrogens with two attached hydrogens (primary N) is 2. The Morgan fingerprint density at radius 3 is 1.82 bits per heavy atom. The van der Waals surface area contributed by atoms with Gasteiger partial charge in [0.2, 0.25) is 0 Å². The molecule has 3 nitrogen and oxygen atoms in total. The summed E-state index contributed by atoms with van der Waals surface area (Å²) in [6.07, 6.45) is 11.0. The van der Waals surface area contributed by atoms with E-state index in [1.165, 1.54) is 44.9 Å². The zero-order chi connectivity index (χ0) is 13.1. The van der Waals surface area contributed by atoms with Crippen molar-refractivity contribution in [2.75, 3.05) is 0 Å². The first-order valence-corrected chi connectivity index (χ1v) is 7.15. The zero-order valence-electron chi connectivity index (χ0n) is 12.0. The second kappa shape index (κ2) is 9.32. The maximum atomic E-state index is 5.54. The zero-order valence-corrected chi connectivity index (χ0v) is 12.0. The average Bonchev–Trinajstić information content (AvgIpc) is 2.24. The van der Waals surface area contributed by atoms with Crippen molar-refractivity contribution < 1.29 is 0 Å². The Morgan fingerprint density at radius 1 is 0.882 bits per heavy atom. The normalized spacial score (nSPS) is 14.3. The molecule has 0 aliphatic heterocycles. The molecule has 0 spiro atoms. The minimum Gasteiger partial charge on any atom is -0.370 e. The lowest BCUT2D eigenvalue weighted by Crippen LogP contribution is -2.31. The third kappa shape index (κ3) is 9.02. The lowest BCUT2D eigenvalue weighted by Gasteiger charge is -2.25. The highest BCUT2D eigenvalue weighted by molar-refractivity contribution is 5.76. The lowest BCUT2D eigenvalue weighted by atomic mass is 9.89. The van der Waals surface area contributed by atoms with Gasteiger partial charge in [0.25, 0.3) is 0 Å². The first-order valence-electron chi connectivity index (χ1n) is 7.15. The minimum absolute atomic E-state index is 0.0399. The number of aliphatic imine (C=N–C) groups is 1. The highest BCUT2D eigenvalue weighted by atomic mass is 15.0. The highest BCUT2D eigenvalue weighted by Gasteiger charge is 2.22. The number of unbranched alkanes of at least 4 members (excludes halogenated alkanes) is 5. The fourth-order valence-corrected chi connectivity index (χ4v) is 2.24. The van der Waals surface area contributed by atoms with Gasteiger partial charge in [-0.05, 0) is 19.8 Å². The molecular weight excluding hydrogens is 210 g/mol. The Kier molecular flexibility index (Phi) is 8.92. The van der Waals surface area contributed by atoms with Crippen molar-refractivity contribution in [1.29, 1.82) is 0 Å². The molecule has 3 heteroatoms. The number of guanidine groups is 1. The summed E-state index contributed by atoms with van der Waals surface area (Å²) in [6.45, 7) is 6.64. The molecule has 0 saturated carbocycles. The smallest absolute Gasteiger partial charge is 0.186 e. The van der Waals surface area contributed by atoms with E-state index in [0.717, 1.165) is 12.8 Å². The summed E-state index contributed by atoms with van der Waals surface area (Å²) in [7, 11) is 0. The van der Waals surface area contributed by atoms with Gasteiger partial charge in [-0.2, -0.15) is 0 Å². The number of hydrogen-bond acceptors (Lipinski definition) is 1. The van der Waals surface area contributed by atoms with Crippen LogP contribution in [0.5, 0.6) is 0 Å². The van der Waals surface area contributed by atoms with Crippen LogP contribution in [-0.2, 0) is 0 Å². The van der Waals surface area contributed by atoms with Gasteiger partial charge in [-0.1, -0.05) is 58.8 Å². The summed E-state index contributed by atoms with van der Waals surface area (Å²) < 4.78 is 0. The van der Waals surface area contributed by atoms with E-state index in [9.17, 15) is 0 Å². The Balaban J connectivity index is 4.14. The predicted octanol–water partition coefficient (Wildman–Crippen LogP) is 3.57. The average molecular weight is 241 g/mol. The van der Waals surface area contributed by atoms with Crippen LogP contribution < -0.4 is 11.5 Å². The van der Waals surface area contributed by atoms with Crippen LogP contribution in [0.1, 0.15) is 78.6 Å². The van der Waals surface area contributed by atoms with Crippen molar-refractivity contribution in [3.8, 4) is 0 Å². The van der Waals surface area contributed by atoms with Gasteiger partial charge in [-0.15, -0.1) is 0 Å². The van der Waals surface area contributed by atoms with E-state index in [1.807, 2.05) is 0 Å². The van der Waals surface area contributed by atoms with Gasteiger partial charge in [0.15, 0.2) is 5.96 Å². The molecule has 0 bridgehead atoms. The van der Waals surface area contributed by atoms with Crippen LogP contribution >= 0.6 is 0 Å². The van der Waals surface area contributed by atoms with Crippen LogP contribution in [0.3, 0.4) is 0 Å². The molecule has 0 radical (unpaired) electrons. The van der Waals surface area contributed by atoms with Crippen LogP contribution in [0.15, 0.2) is 4.99 Å². The molecule has 0 amide bonds. The van der Waals surface area contributed by atoms with Crippen molar-refractivity contribution in [3.05, 3.63) is 0 Å². The molecule has 0 aromatic carbocycles. The number of hydrogen-bond donors (Lipinski definition) is 2. The van der Waals surface area contributed by atoms with Gasteiger partial charge in [0.1, 0.15) is 0 Å². The molecule has 1 unspecified atom stereocenters. The summed E-state index contributed by atoms with van der Waals surface area (Å²) >= 11 is 0. The maximum Gasteiger partial charge on any atom is 0.186 e. The molecule has 17 heavy (non-hydrogen) atoms. The topological polar surface area (TPSA) is 64.4 Å². The fraction of sp³-hybridized carbons (Fsp3) is 0.929. The molecular formula is C14H31N3. The van der Waals surface area contributed by atoms with Gasteiger partial charge in [-0.25, -0.2) is 4.99 Å². The second-order valence-electron chi connectivity index (χ2n) is 5.30. The van der Waals surface area contributed by atoms with Crippen LogP contribution in [0.25, 0.3) is 0 Å². The Morgan fingerprint density at radius 2 is 1.35 bits per heavy atom. The lowest BCUT2D eigenvalue weighted by molar-refractivity contribution is 0.369.